The van der Waals surface area contributed by atoms with E-state index in [0.29, 0.717) is 18.7 Å². The van der Waals surface area contributed by atoms with Gasteiger partial charge in [-0.05, 0) is 13.0 Å². The average molecular weight is 210 g/mol. The first-order chi connectivity index (χ1) is 7.15. The Morgan fingerprint density at radius 3 is 2.87 bits per heavy atom. The summed E-state index contributed by atoms with van der Waals surface area (Å²) in [6.45, 7) is 2.93. The fraction of sp³-hybridized carbons (Fsp3) is 0.400. The molecule has 0 saturated carbocycles. The SMILES string of the molecule is COCCNc1ccc(C)c([N+](=O)[O-])c1. The second-order valence-corrected chi connectivity index (χ2v) is 3.18. The van der Waals surface area contributed by atoms with Crippen LogP contribution in [0.3, 0.4) is 0 Å². The van der Waals surface area contributed by atoms with E-state index < -0.39 is 0 Å². The maximum atomic E-state index is 10.7. The van der Waals surface area contributed by atoms with Crippen LogP contribution >= 0.6 is 0 Å². The quantitative estimate of drug-likeness (QED) is 0.458. The van der Waals surface area contributed by atoms with Gasteiger partial charge in [-0.2, -0.15) is 0 Å². The topological polar surface area (TPSA) is 64.4 Å². The molecule has 0 saturated heterocycles. The Kier molecular flexibility index (Phi) is 4.05. The standard InChI is InChI=1S/C10H14N2O3/c1-8-3-4-9(11-5-6-15-2)7-10(8)12(13)14/h3-4,7,11H,5-6H2,1-2H3. The summed E-state index contributed by atoms with van der Waals surface area (Å²) < 4.78 is 4.87. The first kappa shape index (κ1) is 11.5. The lowest BCUT2D eigenvalue weighted by Gasteiger charge is -2.06. The number of aryl methyl sites for hydroxylation is 1. The molecule has 0 aliphatic carbocycles. The van der Waals surface area contributed by atoms with Gasteiger partial charge in [0.2, 0.25) is 0 Å². The van der Waals surface area contributed by atoms with E-state index in [4.69, 9.17) is 4.74 Å². The molecular weight excluding hydrogens is 196 g/mol. The number of hydrogen-bond acceptors (Lipinski definition) is 4. The van der Waals surface area contributed by atoms with Gasteiger partial charge in [0.1, 0.15) is 0 Å². The highest BCUT2D eigenvalue weighted by atomic mass is 16.6. The Hall–Kier alpha value is -1.62. The number of nitrogens with one attached hydrogen (secondary N) is 1. The minimum absolute atomic E-state index is 0.136. The fourth-order valence-electron chi connectivity index (χ4n) is 1.21. The number of hydrogen-bond donors (Lipinski definition) is 1. The van der Waals surface area contributed by atoms with Crippen LogP contribution in [0, 0.1) is 17.0 Å². The lowest BCUT2D eigenvalue weighted by atomic mass is 10.2. The molecule has 82 valence electrons. The van der Waals surface area contributed by atoms with Crippen LogP contribution < -0.4 is 5.32 Å². The van der Waals surface area contributed by atoms with Crippen molar-refractivity contribution < 1.29 is 9.66 Å². The van der Waals surface area contributed by atoms with Crippen molar-refractivity contribution in [3.8, 4) is 0 Å². The second kappa shape index (κ2) is 5.31. The summed E-state index contributed by atoms with van der Waals surface area (Å²) in [5.41, 5.74) is 1.54. The minimum atomic E-state index is -0.378. The van der Waals surface area contributed by atoms with Crippen LogP contribution in [0.1, 0.15) is 5.56 Å². The third-order valence-corrected chi connectivity index (χ3v) is 2.04. The van der Waals surface area contributed by atoms with Gasteiger partial charge in [-0.1, -0.05) is 6.07 Å². The highest BCUT2D eigenvalue weighted by Crippen LogP contribution is 2.21. The molecule has 0 aliphatic rings. The molecule has 0 aromatic heterocycles. The van der Waals surface area contributed by atoms with Crippen molar-refractivity contribution in [3.05, 3.63) is 33.9 Å². The first-order valence-corrected chi connectivity index (χ1v) is 4.63. The molecule has 15 heavy (non-hydrogen) atoms. The third-order valence-electron chi connectivity index (χ3n) is 2.04. The zero-order chi connectivity index (χ0) is 11.3. The van der Waals surface area contributed by atoms with Crippen LogP contribution in [0.15, 0.2) is 18.2 Å². The van der Waals surface area contributed by atoms with Gasteiger partial charge in [-0.25, -0.2) is 0 Å². The molecule has 1 aromatic carbocycles. The summed E-state index contributed by atoms with van der Waals surface area (Å²) in [5.74, 6) is 0. The van der Waals surface area contributed by atoms with Gasteiger partial charge in [-0.3, -0.25) is 10.1 Å². The van der Waals surface area contributed by atoms with Crippen LogP contribution in [-0.4, -0.2) is 25.2 Å². The second-order valence-electron chi connectivity index (χ2n) is 3.18. The zero-order valence-corrected chi connectivity index (χ0v) is 8.82. The molecule has 0 atom stereocenters. The lowest BCUT2D eigenvalue weighted by molar-refractivity contribution is -0.385. The molecule has 0 spiro atoms. The van der Waals surface area contributed by atoms with Crippen LogP contribution in [0.2, 0.25) is 0 Å². The van der Waals surface area contributed by atoms with Gasteiger partial charge < -0.3 is 10.1 Å². The molecular formula is C10H14N2O3. The molecule has 0 radical (unpaired) electrons. The molecule has 1 aromatic rings. The molecule has 5 heteroatoms. The third kappa shape index (κ3) is 3.21. The lowest BCUT2D eigenvalue weighted by Crippen LogP contribution is -2.07. The van der Waals surface area contributed by atoms with Crippen molar-refractivity contribution in [1.82, 2.24) is 0 Å². The van der Waals surface area contributed by atoms with Crippen LogP contribution in [0.5, 0.6) is 0 Å². The minimum Gasteiger partial charge on any atom is -0.383 e. The predicted octanol–water partition coefficient (Wildman–Crippen LogP) is 1.96. The molecule has 0 fully saturated rings. The smallest absolute Gasteiger partial charge is 0.274 e. The van der Waals surface area contributed by atoms with Crippen molar-refractivity contribution in [2.45, 2.75) is 6.92 Å². The van der Waals surface area contributed by atoms with Gasteiger partial charge in [-0.15, -0.1) is 0 Å². The van der Waals surface area contributed by atoms with Crippen LogP contribution in [0.4, 0.5) is 11.4 Å². The summed E-state index contributed by atoms with van der Waals surface area (Å²) in [4.78, 5) is 10.3. The summed E-state index contributed by atoms with van der Waals surface area (Å²) >= 11 is 0. The molecule has 0 bridgehead atoms. The number of anilines is 1. The number of methoxy groups -OCH3 is 1. The fourth-order valence-corrected chi connectivity index (χ4v) is 1.21. The normalized spacial score (nSPS) is 10.0. The molecule has 5 nitrogen and oxygen atoms in total. The van der Waals surface area contributed by atoms with E-state index in [2.05, 4.69) is 5.32 Å². The summed E-state index contributed by atoms with van der Waals surface area (Å²) in [5, 5.41) is 13.7. The van der Waals surface area contributed by atoms with Crippen molar-refractivity contribution >= 4 is 11.4 Å². The molecule has 0 aliphatic heterocycles. The van der Waals surface area contributed by atoms with E-state index in [9.17, 15) is 10.1 Å². The number of nitro groups is 1. The van der Waals surface area contributed by atoms with Crippen molar-refractivity contribution in [3.63, 3.8) is 0 Å². The van der Waals surface area contributed by atoms with E-state index in [1.165, 1.54) is 6.07 Å². The Bertz CT molecular complexity index is 353. The largest absolute Gasteiger partial charge is 0.383 e. The highest BCUT2D eigenvalue weighted by molar-refractivity contribution is 5.54. The molecule has 1 N–H and O–H groups in total. The van der Waals surface area contributed by atoms with Gasteiger partial charge in [0, 0.05) is 31.0 Å². The van der Waals surface area contributed by atoms with Gasteiger partial charge >= 0.3 is 0 Å². The number of nitrogens with zero attached hydrogens (tertiary/aromatic N) is 1. The van der Waals surface area contributed by atoms with E-state index in [0.717, 1.165) is 5.69 Å². The van der Waals surface area contributed by atoms with E-state index >= 15 is 0 Å². The van der Waals surface area contributed by atoms with Gasteiger partial charge in [0.25, 0.3) is 5.69 Å². The number of benzene rings is 1. The van der Waals surface area contributed by atoms with Gasteiger partial charge in [0.05, 0.1) is 11.5 Å². The van der Waals surface area contributed by atoms with Gasteiger partial charge in [0.15, 0.2) is 0 Å². The molecule has 0 amide bonds. The van der Waals surface area contributed by atoms with Crippen molar-refractivity contribution in [1.29, 1.82) is 0 Å². The molecule has 0 heterocycles. The van der Waals surface area contributed by atoms with Crippen molar-refractivity contribution in [2.24, 2.45) is 0 Å². The van der Waals surface area contributed by atoms with E-state index in [1.54, 1.807) is 20.1 Å². The number of ether oxygens (including phenoxy) is 1. The summed E-state index contributed by atoms with van der Waals surface area (Å²) in [7, 11) is 1.61. The monoisotopic (exact) mass is 210 g/mol. The van der Waals surface area contributed by atoms with Crippen molar-refractivity contribution in [2.75, 3.05) is 25.6 Å². The van der Waals surface area contributed by atoms with Crippen LogP contribution in [-0.2, 0) is 4.74 Å². The van der Waals surface area contributed by atoms with Crippen LogP contribution in [0.25, 0.3) is 0 Å². The predicted molar refractivity (Wildman–Crippen MR) is 58.2 cm³/mol. The summed E-state index contributed by atoms with van der Waals surface area (Å²) in [6, 6.07) is 5.08. The zero-order valence-electron chi connectivity index (χ0n) is 8.82. The maximum absolute atomic E-state index is 10.7. The number of nitro benzene ring substituents is 1. The highest BCUT2D eigenvalue weighted by Gasteiger charge is 2.10. The first-order valence-electron chi connectivity index (χ1n) is 4.63. The maximum Gasteiger partial charge on any atom is 0.274 e. The Balaban J connectivity index is 2.74. The Morgan fingerprint density at radius 1 is 1.53 bits per heavy atom. The molecule has 0 unspecified atom stereocenters. The number of rotatable bonds is 5. The van der Waals surface area contributed by atoms with E-state index in [-0.39, 0.29) is 10.6 Å². The van der Waals surface area contributed by atoms with E-state index in [1.807, 2.05) is 6.07 Å². The Morgan fingerprint density at radius 2 is 2.27 bits per heavy atom. The molecule has 1 rings (SSSR count). The Labute approximate surface area is 88.2 Å². The summed E-state index contributed by atoms with van der Waals surface area (Å²) in [6.07, 6.45) is 0. The average Bonchev–Trinajstić information content (AvgIpc) is 2.20.